The lowest BCUT2D eigenvalue weighted by atomic mass is 9.96. The molecule has 0 fully saturated rings. The van der Waals surface area contributed by atoms with Gasteiger partial charge in [0.25, 0.3) is 0 Å². The molecular weight excluding hydrogens is 188 g/mol. The average molecular weight is 209 g/mol. The van der Waals surface area contributed by atoms with E-state index in [9.17, 15) is 0 Å². The van der Waals surface area contributed by atoms with Gasteiger partial charge in [0.1, 0.15) is 0 Å². The van der Waals surface area contributed by atoms with Crippen LogP contribution in [0.15, 0.2) is 20.7 Å². The van der Waals surface area contributed by atoms with Crippen LogP contribution >= 0.6 is 0 Å². The van der Waals surface area contributed by atoms with Crippen LogP contribution in [-0.2, 0) is 0 Å². The molecule has 1 heterocycles. The molecule has 0 atom stereocenters. The van der Waals surface area contributed by atoms with Gasteiger partial charge in [-0.05, 0) is 36.1 Å². The van der Waals surface area contributed by atoms with Crippen LogP contribution in [-0.4, -0.2) is 5.66 Å². The van der Waals surface area contributed by atoms with E-state index in [0.29, 0.717) is 0 Å². The zero-order chi connectivity index (χ0) is 11.0. The second-order valence-electron chi connectivity index (χ2n) is 4.13. The Morgan fingerprint density at radius 3 is 2.07 bits per heavy atom. The van der Waals surface area contributed by atoms with E-state index in [4.69, 9.17) is 0 Å². The highest BCUT2D eigenvalue weighted by atomic mass is 15.6. The molecule has 0 aromatic carbocycles. The van der Waals surface area contributed by atoms with Crippen molar-refractivity contribution in [3.05, 3.63) is 6.92 Å². The summed E-state index contributed by atoms with van der Waals surface area (Å²) < 4.78 is 0. The normalized spacial score (nSPS) is 17.5. The van der Waals surface area contributed by atoms with E-state index in [2.05, 4.69) is 34.5 Å². The van der Waals surface area contributed by atoms with Gasteiger partial charge in [-0.3, -0.25) is 0 Å². The maximum atomic E-state index is 4.18. The molecule has 1 aliphatic rings. The van der Waals surface area contributed by atoms with Gasteiger partial charge in [0, 0.05) is 0 Å². The zero-order valence-corrected chi connectivity index (χ0v) is 9.65. The number of hydrogen-bond donors (Lipinski definition) is 0. The highest BCUT2D eigenvalue weighted by molar-refractivity contribution is 4.84. The fourth-order valence-corrected chi connectivity index (χ4v) is 1.79. The van der Waals surface area contributed by atoms with E-state index in [0.717, 1.165) is 32.1 Å². The summed E-state index contributed by atoms with van der Waals surface area (Å²) in [6.45, 7) is 6.04. The molecule has 0 aliphatic carbocycles. The molecule has 0 spiro atoms. The van der Waals surface area contributed by atoms with Crippen LogP contribution in [0.5, 0.6) is 0 Å². The zero-order valence-electron chi connectivity index (χ0n) is 9.65. The number of unbranched alkanes of at least 4 members (excludes halogenated alkanes) is 4. The highest BCUT2D eigenvalue weighted by Gasteiger charge is 2.31. The third-order valence-electron chi connectivity index (χ3n) is 2.76. The quantitative estimate of drug-likeness (QED) is 0.529. The standard InChI is InChI=1S/C11H21N4/c1-3-5-7-9-11(10-8-6-4-2)12-14-15-13-11/h1,3-10H2,2H3. The Morgan fingerprint density at radius 1 is 0.933 bits per heavy atom. The summed E-state index contributed by atoms with van der Waals surface area (Å²) in [5.41, 5.74) is -0.315. The van der Waals surface area contributed by atoms with Gasteiger partial charge in [-0.2, -0.15) is 0 Å². The highest BCUT2D eigenvalue weighted by Crippen LogP contribution is 2.32. The molecule has 0 saturated carbocycles. The largest absolute Gasteiger partial charge is 0.195 e. The third kappa shape index (κ3) is 4.06. The Balaban J connectivity index is 2.34. The van der Waals surface area contributed by atoms with Crippen molar-refractivity contribution in [2.45, 2.75) is 64.0 Å². The second-order valence-corrected chi connectivity index (χ2v) is 4.13. The third-order valence-corrected chi connectivity index (χ3v) is 2.76. The van der Waals surface area contributed by atoms with Crippen LogP contribution in [0.25, 0.3) is 0 Å². The molecule has 15 heavy (non-hydrogen) atoms. The second kappa shape index (κ2) is 6.64. The predicted molar refractivity (Wildman–Crippen MR) is 60.4 cm³/mol. The maximum absolute atomic E-state index is 4.18. The molecule has 85 valence electrons. The van der Waals surface area contributed by atoms with E-state index in [1.54, 1.807) is 0 Å². The van der Waals surface area contributed by atoms with Gasteiger partial charge < -0.3 is 0 Å². The lowest BCUT2D eigenvalue weighted by Gasteiger charge is -2.19. The Labute approximate surface area is 92.2 Å². The lowest BCUT2D eigenvalue weighted by Crippen LogP contribution is -2.21. The molecule has 4 nitrogen and oxygen atoms in total. The SMILES string of the molecule is [CH2]CCCCC1(CCCCC)N=NN=N1. The summed E-state index contributed by atoms with van der Waals surface area (Å²) in [5.74, 6) is 0. The van der Waals surface area contributed by atoms with Crippen LogP contribution in [0, 0.1) is 6.92 Å². The van der Waals surface area contributed by atoms with Crippen LogP contribution in [0.4, 0.5) is 0 Å². The molecular formula is C11H21N4. The minimum absolute atomic E-state index is 0.315. The smallest absolute Gasteiger partial charge is 0.135 e. The molecule has 1 radical (unpaired) electrons. The van der Waals surface area contributed by atoms with Crippen molar-refractivity contribution >= 4 is 0 Å². The first-order valence-corrected chi connectivity index (χ1v) is 5.96. The Bertz CT molecular complexity index is 199. The van der Waals surface area contributed by atoms with Crippen LogP contribution < -0.4 is 0 Å². The van der Waals surface area contributed by atoms with Crippen molar-refractivity contribution < 1.29 is 0 Å². The fraction of sp³-hybridized carbons (Fsp3) is 0.909. The molecule has 0 bridgehead atoms. The van der Waals surface area contributed by atoms with Crippen molar-refractivity contribution in [3.8, 4) is 0 Å². The van der Waals surface area contributed by atoms with Crippen LogP contribution in [0.3, 0.4) is 0 Å². The average Bonchev–Trinajstić information content (AvgIpc) is 2.68. The first-order valence-electron chi connectivity index (χ1n) is 5.96. The number of rotatable bonds is 8. The maximum Gasteiger partial charge on any atom is 0.195 e. The van der Waals surface area contributed by atoms with E-state index in [-0.39, 0.29) is 5.66 Å². The fourth-order valence-electron chi connectivity index (χ4n) is 1.79. The number of nitrogens with zero attached hydrogens (tertiary/aromatic N) is 4. The minimum Gasteiger partial charge on any atom is -0.135 e. The summed E-state index contributed by atoms with van der Waals surface area (Å²) >= 11 is 0. The molecule has 0 amide bonds. The van der Waals surface area contributed by atoms with Crippen molar-refractivity contribution in [2.24, 2.45) is 20.7 Å². The van der Waals surface area contributed by atoms with Crippen molar-refractivity contribution in [1.29, 1.82) is 0 Å². The van der Waals surface area contributed by atoms with Crippen LogP contribution in [0.2, 0.25) is 0 Å². The first kappa shape index (κ1) is 12.3. The first-order chi connectivity index (χ1) is 7.33. The van der Waals surface area contributed by atoms with Crippen molar-refractivity contribution in [3.63, 3.8) is 0 Å². The predicted octanol–water partition coefficient (Wildman–Crippen LogP) is 4.49. The summed E-state index contributed by atoms with van der Waals surface area (Å²) in [6, 6.07) is 0. The topological polar surface area (TPSA) is 49.4 Å². The van der Waals surface area contributed by atoms with Crippen LogP contribution in [0.1, 0.15) is 58.3 Å². The van der Waals surface area contributed by atoms with E-state index >= 15 is 0 Å². The van der Waals surface area contributed by atoms with E-state index in [1.165, 1.54) is 19.3 Å². The molecule has 0 aromatic rings. The van der Waals surface area contributed by atoms with Gasteiger partial charge in [0.2, 0.25) is 0 Å². The minimum atomic E-state index is -0.315. The Morgan fingerprint density at radius 2 is 1.53 bits per heavy atom. The van der Waals surface area contributed by atoms with E-state index in [1.807, 2.05) is 0 Å². The lowest BCUT2D eigenvalue weighted by molar-refractivity contribution is 0.351. The summed E-state index contributed by atoms with van der Waals surface area (Å²) in [7, 11) is 0. The van der Waals surface area contributed by atoms with Gasteiger partial charge >= 0.3 is 0 Å². The summed E-state index contributed by atoms with van der Waals surface area (Å²) in [5, 5.41) is 15.7. The van der Waals surface area contributed by atoms with Crippen molar-refractivity contribution in [2.75, 3.05) is 0 Å². The summed E-state index contributed by atoms with van der Waals surface area (Å²) in [6.07, 6.45) is 8.84. The van der Waals surface area contributed by atoms with Gasteiger partial charge in [-0.1, -0.05) is 39.5 Å². The Hall–Kier alpha value is -0.800. The van der Waals surface area contributed by atoms with Crippen molar-refractivity contribution in [1.82, 2.24) is 0 Å². The summed E-state index contributed by atoms with van der Waals surface area (Å²) in [4.78, 5) is 0. The molecule has 4 heteroatoms. The van der Waals surface area contributed by atoms with Gasteiger partial charge in [0.15, 0.2) is 5.66 Å². The van der Waals surface area contributed by atoms with Gasteiger partial charge in [0.05, 0.1) is 0 Å². The Kier molecular flexibility index (Phi) is 5.43. The molecule has 0 aromatic heterocycles. The molecule has 1 rings (SSSR count). The molecule has 0 N–H and O–H groups in total. The van der Waals surface area contributed by atoms with Gasteiger partial charge in [-0.15, -0.1) is 10.2 Å². The van der Waals surface area contributed by atoms with Gasteiger partial charge in [-0.25, -0.2) is 0 Å². The molecule has 1 aliphatic heterocycles. The van der Waals surface area contributed by atoms with E-state index < -0.39 is 0 Å². The monoisotopic (exact) mass is 209 g/mol. The molecule has 0 saturated heterocycles. The molecule has 0 unspecified atom stereocenters. The number of hydrogen-bond acceptors (Lipinski definition) is 4.